The highest BCUT2D eigenvalue weighted by Gasteiger charge is 2.23. The largest absolute Gasteiger partial charge is 0.462 e. The Bertz CT molecular complexity index is 286. The zero-order chi connectivity index (χ0) is 12.7. The number of thioether (sulfide) groups is 1. The number of carbonyl (C=O) groups excluding carboxylic acids is 2. The van der Waals surface area contributed by atoms with E-state index in [4.69, 9.17) is 14.2 Å². The first-order chi connectivity index (χ1) is 8.13. The summed E-state index contributed by atoms with van der Waals surface area (Å²) >= 11 is 1.68. The van der Waals surface area contributed by atoms with Crippen molar-refractivity contribution < 1.29 is 23.8 Å². The zero-order valence-electron chi connectivity index (χ0n) is 9.72. The maximum atomic E-state index is 11.6. The standard InChI is InChI=1S/C11H16O5S/c1-3-9(12)15-6-8(2)11(13)16-10-7-17-5-4-14-10/h3,8,10H,1,4-7H2,2H3. The number of ether oxygens (including phenoxy) is 3. The SMILES string of the molecule is C=CC(=O)OCC(C)C(=O)OC1CSCCO1. The lowest BCUT2D eigenvalue weighted by Gasteiger charge is -2.23. The Kier molecular flexibility index (Phi) is 6.07. The molecule has 0 aromatic heterocycles. The van der Waals surface area contributed by atoms with Crippen LogP contribution in [0.2, 0.25) is 0 Å². The van der Waals surface area contributed by atoms with Crippen molar-refractivity contribution in [2.45, 2.75) is 13.2 Å². The van der Waals surface area contributed by atoms with E-state index < -0.39 is 24.1 Å². The van der Waals surface area contributed by atoms with Gasteiger partial charge in [-0.2, -0.15) is 11.8 Å². The quantitative estimate of drug-likeness (QED) is 0.542. The predicted molar refractivity (Wildman–Crippen MR) is 63.5 cm³/mol. The molecular formula is C11H16O5S. The molecule has 1 fully saturated rings. The smallest absolute Gasteiger partial charge is 0.330 e. The highest BCUT2D eigenvalue weighted by atomic mass is 32.2. The van der Waals surface area contributed by atoms with Crippen molar-refractivity contribution >= 4 is 23.7 Å². The minimum Gasteiger partial charge on any atom is -0.462 e. The fourth-order valence-corrected chi connectivity index (χ4v) is 1.85. The molecule has 0 aromatic carbocycles. The molecule has 0 amide bonds. The number of esters is 2. The molecule has 5 nitrogen and oxygen atoms in total. The van der Waals surface area contributed by atoms with E-state index in [1.54, 1.807) is 18.7 Å². The highest BCUT2D eigenvalue weighted by Crippen LogP contribution is 2.15. The molecule has 1 rings (SSSR count). The maximum Gasteiger partial charge on any atom is 0.330 e. The van der Waals surface area contributed by atoms with Crippen molar-refractivity contribution in [3.63, 3.8) is 0 Å². The number of carbonyl (C=O) groups is 2. The van der Waals surface area contributed by atoms with Crippen LogP contribution in [0.3, 0.4) is 0 Å². The monoisotopic (exact) mass is 260 g/mol. The van der Waals surface area contributed by atoms with Gasteiger partial charge in [0.2, 0.25) is 6.29 Å². The van der Waals surface area contributed by atoms with Gasteiger partial charge in [0.15, 0.2) is 0 Å². The lowest BCUT2D eigenvalue weighted by atomic mass is 10.2. The van der Waals surface area contributed by atoms with Crippen molar-refractivity contribution in [2.24, 2.45) is 5.92 Å². The Hall–Kier alpha value is -1.01. The average molecular weight is 260 g/mol. The van der Waals surface area contributed by atoms with E-state index in [0.29, 0.717) is 12.4 Å². The Morgan fingerprint density at radius 1 is 1.65 bits per heavy atom. The van der Waals surface area contributed by atoms with E-state index in [0.717, 1.165) is 11.8 Å². The van der Waals surface area contributed by atoms with Crippen LogP contribution in [0.15, 0.2) is 12.7 Å². The molecule has 1 saturated heterocycles. The van der Waals surface area contributed by atoms with Crippen LogP contribution in [0, 0.1) is 5.92 Å². The lowest BCUT2D eigenvalue weighted by molar-refractivity contribution is -0.179. The second kappa shape index (κ2) is 7.34. The molecule has 0 aliphatic carbocycles. The van der Waals surface area contributed by atoms with E-state index in [1.807, 2.05) is 0 Å². The van der Waals surface area contributed by atoms with Crippen molar-refractivity contribution in [3.8, 4) is 0 Å². The minimum atomic E-state index is -0.547. The van der Waals surface area contributed by atoms with Gasteiger partial charge in [-0.1, -0.05) is 6.58 Å². The number of hydrogen-bond donors (Lipinski definition) is 0. The summed E-state index contributed by atoms with van der Waals surface area (Å²) in [4.78, 5) is 22.4. The van der Waals surface area contributed by atoms with Crippen LogP contribution in [0.4, 0.5) is 0 Å². The van der Waals surface area contributed by atoms with Crippen LogP contribution in [-0.2, 0) is 23.8 Å². The molecule has 0 radical (unpaired) electrons. The molecular weight excluding hydrogens is 244 g/mol. The Morgan fingerprint density at radius 3 is 3.00 bits per heavy atom. The van der Waals surface area contributed by atoms with Crippen LogP contribution >= 0.6 is 11.8 Å². The van der Waals surface area contributed by atoms with Crippen molar-refractivity contribution in [1.29, 1.82) is 0 Å². The topological polar surface area (TPSA) is 61.8 Å². The average Bonchev–Trinajstić information content (AvgIpc) is 2.36. The van der Waals surface area contributed by atoms with Crippen molar-refractivity contribution in [2.75, 3.05) is 24.7 Å². The summed E-state index contributed by atoms with van der Waals surface area (Å²) in [6, 6.07) is 0. The normalized spacial score (nSPS) is 21.4. The van der Waals surface area contributed by atoms with E-state index >= 15 is 0 Å². The molecule has 1 heterocycles. The third kappa shape index (κ3) is 5.23. The van der Waals surface area contributed by atoms with E-state index in [1.165, 1.54) is 0 Å². The summed E-state index contributed by atoms with van der Waals surface area (Å²) in [5.41, 5.74) is 0. The molecule has 1 aliphatic rings. The second-order valence-corrected chi connectivity index (χ2v) is 4.70. The molecule has 2 atom stereocenters. The summed E-state index contributed by atoms with van der Waals surface area (Å²) in [6.45, 7) is 5.47. The van der Waals surface area contributed by atoms with Gasteiger partial charge in [-0.05, 0) is 6.92 Å². The van der Waals surface area contributed by atoms with Crippen LogP contribution in [0.5, 0.6) is 0 Å². The maximum absolute atomic E-state index is 11.6. The third-order valence-electron chi connectivity index (χ3n) is 2.08. The van der Waals surface area contributed by atoms with Gasteiger partial charge in [0, 0.05) is 11.8 Å². The molecule has 0 N–H and O–H groups in total. The zero-order valence-corrected chi connectivity index (χ0v) is 10.5. The van der Waals surface area contributed by atoms with Crippen molar-refractivity contribution in [1.82, 2.24) is 0 Å². The Balaban J connectivity index is 2.25. The van der Waals surface area contributed by atoms with Crippen LogP contribution in [-0.4, -0.2) is 42.9 Å². The van der Waals surface area contributed by atoms with Gasteiger partial charge in [-0.15, -0.1) is 0 Å². The first-order valence-electron chi connectivity index (χ1n) is 5.32. The van der Waals surface area contributed by atoms with E-state index in [-0.39, 0.29) is 6.61 Å². The molecule has 0 aromatic rings. The molecule has 0 spiro atoms. The Labute approximate surface area is 104 Å². The van der Waals surface area contributed by atoms with E-state index in [2.05, 4.69) is 6.58 Å². The highest BCUT2D eigenvalue weighted by molar-refractivity contribution is 7.99. The van der Waals surface area contributed by atoms with Gasteiger partial charge in [0.25, 0.3) is 0 Å². The van der Waals surface area contributed by atoms with Gasteiger partial charge in [-0.3, -0.25) is 4.79 Å². The number of rotatable bonds is 5. The Morgan fingerprint density at radius 2 is 2.41 bits per heavy atom. The van der Waals surface area contributed by atoms with Crippen LogP contribution in [0.1, 0.15) is 6.92 Å². The lowest BCUT2D eigenvalue weighted by Crippen LogP contribution is -2.32. The molecule has 2 unspecified atom stereocenters. The van der Waals surface area contributed by atoms with Crippen LogP contribution < -0.4 is 0 Å². The summed E-state index contributed by atoms with van der Waals surface area (Å²) in [7, 11) is 0. The van der Waals surface area contributed by atoms with Gasteiger partial charge < -0.3 is 14.2 Å². The summed E-state index contributed by atoms with van der Waals surface area (Å²) in [6.07, 6.45) is 0.567. The minimum absolute atomic E-state index is 0.0104. The fourth-order valence-electron chi connectivity index (χ4n) is 1.11. The summed E-state index contributed by atoms with van der Waals surface area (Å²) in [5, 5.41) is 0. The second-order valence-electron chi connectivity index (χ2n) is 3.55. The fraction of sp³-hybridized carbons (Fsp3) is 0.636. The number of hydrogen-bond acceptors (Lipinski definition) is 6. The van der Waals surface area contributed by atoms with E-state index in [9.17, 15) is 9.59 Å². The molecule has 0 bridgehead atoms. The van der Waals surface area contributed by atoms with Gasteiger partial charge >= 0.3 is 11.9 Å². The van der Waals surface area contributed by atoms with Crippen molar-refractivity contribution in [3.05, 3.63) is 12.7 Å². The first kappa shape index (κ1) is 14.1. The first-order valence-corrected chi connectivity index (χ1v) is 6.48. The summed E-state index contributed by atoms with van der Waals surface area (Å²) < 4.78 is 15.1. The molecule has 6 heteroatoms. The third-order valence-corrected chi connectivity index (χ3v) is 3.04. The summed E-state index contributed by atoms with van der Waals surface area (Å²) in [5.74, 6) is 0.0868. The van der Waals surface area contributed by atoms with Gasteiger partial charge in [0.05, 0.1) is 18.3 Å². The van der Waals surface area contributed by atoms with Crippen LogP contribution in [0.25, 0.3) is 0 Å². The van der Waals surface area contributed by atoms with Gasteiger partial charge in [0.1, 0.15) is 6.61 Å². The van der Waals surface area contributed by atoms with Gasteiger partial charge in [-0.25, -0.2) is 4.79 Å². The molecule has 1 aliphatic heterocycles. The molecule has 0 saturated carbocycles. The molecule has 17 heavy (non-hydrogen) atoms. The molecule has 96 valence electrons. The predicted octanol–water partition coefficient (Wildman–Crippen LogP) is 0.984.